The predicted octanol–water partition coefficient (Wildman–Crippen LogP) is 1.58. The number of likely N-dealkylation sites (tertiary alicyclic amines) is 1. The van der Waals surface area contributed by atoms with Gasteiger partial charge in [-0.15, -0.1) is 0 Å². The number of nitrogens with one attached hydrogen (secondary N) is 1. The highest BCUT2D eigenvalue weighted by molar-refractivity contribution is 5.31. The van der Waals surface area contributed by atoms with E-state index in [9.17, 15) is 5.11 Å². The lowest BCUT2D eigenvalue weighted by Crippen LogP contribution is -2.44. The number of rotatable bonds is 2. The van der Waals surface area contributed by atoms with E-state index in [-0.39, 0.29) is 0 Å². The molecule has 1 aromatic rings. The van der Waals surface area contributed by atoms with E-state index < -0.39 is 0 Å². The molecule has 3 rings (SSSR count). The van der Waals surface area contributed by atoms with Crippen molar-refractivity contribution in [3.05, 3.63) is 29.8 Å². The van der Waals surface area contributed by atoms with Crippen molar-refractivity contribution in [2.24, 2.45) is 5.92 Å². The summed E-state index contributed by atoms with van der Waals surface area (Å²) in [7, 11) is 0. The Hall–Kier alpha value is -1.06. The highest BCUT2D eigenvalue weighted by Crippen LogP contribution is 2.29. The Balaban J connectivity index is 1.74. The molecule has 92 valence electrons. The number of para-hydroxylation sites is 1. The maximum Gasteiger partial charge on any atom is 0.120 e. The molecule has 2 saturated heterocycles. The Morgan fingerprint density at radius 1 is 1.29 bits per heavy atom. The summed E-state index contributed by atoms with van der Waals surface area (Å²) in [6, 6.07) is 8.37. The van der Waals surface area contributed by atoms with Gasteiger partial charge in [-0.25, -0.2) is 0 Å². The van der Waals surface area contributed by atoms with Crippen molar-refractivity contribution >= 4 is 0 Å². The van der Waals surface area contributed by atoms with Crippen LogP contribution in [0.2, 0.25) is 0 Å². The first-order valence-corrected chi connectivity index (χ1v) is 6.56. The SMILES string of the molecule is Oc1ccccc1CN1CCCC2CNCC21. The summed E-state index contributed by atoms with van der Waals surface area (Å²) in [5.74, 6) is 1.25. The van der Waals surface area contributed by atoms with Crippen LogP contribution < -0.4 is 5.32 Å². The van der Waals surface area contributed by atoms with Gasteiger partial charge in [-0.1, -0.05) is 18.2 Å². The summed E-state index contributed by atoms with van der Waals surface area (Å²) in [6.07, 6.45) is 2.64. The van der Waals surface area contributed by atoms with Crippen LogP contribution in [0.25, 0.3) is 0 Å². The minimum atomic E-state index is 0.431. The van der Waals surface area contributed by atoms with Gasteiger partial charge in [-0.2, -0.15) is 0 Å². The number of nitrogens with zero attached hydrogens (tertiary/aromatic N) is 1. The van der Waals surface area contributed by atoms with E-state index in [2.05, 4.69) is 10.2 Å². The molecule has 1 aromatic carbocycles. The van der Waals surface area contributed by atoms with Crippen LogP contribution >= 0.6 is 0 Å². The zero-order valence-corrected chi connectivity index (χ0v) is 10.1. The van der Waals surface area contributed by atoms with Gasteiger partial charge >= 0.3 is 0 Å². The van der Waals surface area contributed by atoms with Crippen LogP contribution in [0, 0.1) is 5.92 Å². The van der Waals surface area contributed by atoms with Gasteiger partial charge in [0.1, 0.15) is 5.75 Å². The number of phenolic OH excluding ortho intramolecular Hbond substituents is 1. The van der Waals surface area contributed by atoms with Crippen LogP contribution in [0.1, 0.15) is 18.4 Å². The molecule has 0 saturated carbocycles. The van der Waals surface area contributed by atoms with Crippen molar-refractivity contribution < 1.29 is 5.11 Å². The third-order valence-corrected chi connectivity index (χ3v) is 4.16. The number of fused-ring (bicyclic) bond motifs is 1. The molecule has 2 fully saturated rings. The molecule has 2 N–H and O–H groups in total. The molecule has 2 aliphatic heterocycles. The fourth-order valence-corrected chi connectivity index (χ4v) is 3.22. The third kappa shape index (κ3) is 2.17. The lowest BCUT2D eigenvalue weighted by Gasteiger charge is -2.37. The second-order valence-corrected chi connectivity index (χ2v) is 5.23. The Kier molecular flexibility index (Phi) is 3.04. The van der Waals surface area contributed by atoms with E-state index in [1.807, 2.05) is 18.2 Å². The molecule has 0 spiro atoms. The van der Waals surface area contributed by atoms with Crippen molar-refractivity contribution in [1.82, 2.24) is 10.2 Å². The first-order valence-electron chi connectivity index (χ1n) is 6.56. The Bertz CT molecular complexity index is 394. The van der Waals surface area contributed by atoms with Crippen LogP contribution in [0.4, 0.5) is 0 Å². The summed E-state index contributed by atoms with van der Waals surface area (Å²) < 4.78 is 0. The predicted molar refractivity (Wildman–Crippen MR) is 67.9 cm³/mol. The van der Waals surface area contributed by atoms with E-state index in [0.717, 1.165) is 31.1 Å². The quantitative estimate of drug-likeness (QED) is 0.812. The van der Waals surface area contributed by atoms with Crippen LogP contribution in [0.3, 0.4) is 0 Å². The highest BCUT2D eigenvalue weighted by Gasteiger charge is 2.34. The van der Waals surface area contributed by atoms with Gasteiger partial charge in [-0.3, -0.25) is 4.90 Å². The molecule has 17 heavy (non-hydrogen) atoms. The van der Waals surface area contributed by atoms with Gasteiger partial charge in [0.25, 0.3) is 0 Å². The number of benzene rings is 1. The minimum absolute atomic E-state index is 0.431. The highest BCUT2D eigenvalue weighted by atomic mass is 16.3. The van der Waals surface area contributed by atoms with E-state index >= 15 is 0 Å². The molecule has 0 amide bonds. The Morgan fingerprint density at radius 2 is 2.18 bits per heavy atom. The van der Waals surface area contributed by atoms with Gasteiger partial charge in [0, 0.05) is 24.7 Å². The normalized spacial score (nSPS) is 29.2. The molecule has 2 heterocycles. The number of piperidine rings is 1. The summed E-state index contributed by atoms with van der Waals surface area (Å²) in [4.78, 5) is 2.53. The summed E-state index contributed by atoms with van der Waals surface area (Å²) in [6.45, 7) is 4.33. The molecule has 3 nitrogen and oxygen atoms in total. The van der Waals surface area contributed by atoms with Crippen LogP contribution in [0.5, 0.6) is 5.75 Å². The fourth-order valence-electron chi connectivity index (χ4n) is 3.22. The minimum Gasteiger partial charge on any atom is -0.508 e. The van der Waals surface area contributed by atoms with Gasteiger partial charge in [0.15, 0.2) is 0 Å². The lowest BCUT2D eigenvalue weighted by molar-refractivity contribution is 0.116. The molecular weight excluding hydrogens is 212 g/mol. The van der Waals surface area contributed by atoms with E-state index in [4.69, 9.17) is 0 Å². The van der Waals surface area contributed by atoms with E-state index in [1.54, 1.807) is 6.07 Å². The third-order valence-electron chi connectivity index (χ3n) is 4.16. The Labute approximate surface area is 102 Å². The average Bonchev–Trinajstić information content (AvgIpc) is 2.81. The number of phenols is 1. The topological polar surface area (TPSA) is 35.5 Å². The maximum atomic E-state index is 9.84. The van der Waals surface area contributed by atoms with Gasteiger partial charge in [0.2, 0.25) is 0 Å². The number of hydrogen-bond donors (Lipinski definition) is 2. The zero-order valence-electron chi connectivity index (χ0n) is 10.1. The van der Waals surface area contributed by atoms with Crippen molar-refractivity contribution in [1.29, 1.82) is 0 Å². The molecule has 0 aromatic heterocycles. The van der Waals surface area contributed by atoms with Crippen molar-refractivity contribution in [3.63, 3.8) is 0 Å². The lowest BCUT2D eigenvalue weighted by atomic mass is 9.91. The molecule has 0 radical (unpaired) electrons. The van der Waals surface area contributed by atoms with Crippen LogP contribution in [0.15, 0.2) is 24.3 Å². The monoisotopic (exact) mass is 232 g/mol. The molecule has 0 aliphatic carbocycles. The summed E-state index contributed by atoms with van der Waals surface area (Å²) in [5.41, 5.74) is 1.06. The largest absolute Gasteiger partial charge is 0.508 e. The smallest absolute Gasteiger partial charge is 0.120 e. The fraction of sp³-hybridized carbons (Fsp3) is 0.571. The summed E-state index contributed by atoms with van der Waals surface area (Å²) in [5, 5.41) is 13.3. The Morgan fingerprint density at radius 3 is 3.06 bits per heavy atom. The molecule has 0 bridgehead atoms. The van der Waals surface area contributed by atoms with Gasteiger partial charge < -0.3 is 10.4 Å². The molecular formula is C14H20N2O. The summed E-state index contributed by atoms with van der Waals surface area (Å²) >= 11 is 0. The van der Waals surface area contributed by atoms with Gasteiger partial charge in [0.05, 0.1) is 0 Å². The van der Waals surface area contributed by atoms with E-state index in [0.29, 0.717) is 11.8 Å². The van der Waals surface area contributed by atoms with Crippen molar-refractivity contribution in [2.45, 2.75) is 25.4 Å². The van der Waals surface area contributed by atoms with E-state index in [1.165, 1.54) is 19.4 Å². The second kappa shape index (κ2) is 4.67. The van der Waals surface area contributed by atoms with Crippen molar-refractivity contribution in [2.75, 3.05) is 19.6 Å². The average molecular weight is 232 g/mol. The number of aromatic hydroxyl groups is 1. The van der Waals surface area contributed by atoms with Gasteiger partial charge in [-0.05, 0) is 37.9 Å². The maximum absolute atomic E-state index is 9.84. The molecule has 3 heteroatoms. The van der Waals surface area contributed by atoms with Crippen molar-refractivity contribution in [3.8, 4) is 5.75 Å². The standard InChI is InChI=1S/C14H20N2O/c17-14-6-2-1-4-12(14)10-16-7-3-5-11-8-15-9-13(11)16/h1-2,4,6,11,13,15,17H,3,5,7-10H2. The molecule has 2 unspecified atom stereocenters. The zero-order chi connectivity index (χ0) is 11.7. The molecule has 2 aliphatic rings. The first-order chi connectivity index (χ1) is 8.34. The number of hydrogen-bond acceptors (Lipinski definition) is 3. The molecule has 2 atom stereocenters. The van der Waals surface area contributed by atoms with Crippen LogP contribution in [-0.2, 0) is 6.54 Å². The first kappa shape index (κ1) is 11.1. The van der Waals surface area contributed by atoms with Crippen LogP contribution in [-0.4, -0.2) is 35.7 Å². The second-order valence-electron chi connectivity index (χ2n) is 5.23.